The molecule has 2 rings (SSSR count). The average molecular weight is 198 g/mol. The fourth-order valence-electron chi connectivity index (χ4n) is 0.850. The third kappa shape index (κ3) is 0.844. The van der Waals surface area contributed by atoms with Crippen molar-refractivity contribution >= 4 is 22.1 Å². The van der Waals surface area contributed by atoms with Crippen molar-refractivity contribution in [3.05, 3.63) is 22.2 Å². The molecule has 0 aliphatic carbocycles. The van der Waals surface area contributed by atoms with E-state index in [1.54, 1.807) is 12.4 Å². The van der Waals surface area contributed by atoms with Crippen LogP contribution in [0.4, 0.5) is 0 Å². The lowest BCUT2D eigenvalue weighted by molar-refractivity contribution is 0.989. The van der Waals surface area contributed by atoms with Gasteiger partial charge in [-0.15, -0.1) is 0 Å². The van der Waals surface area contributed by atoms with E-state index >= 15 is 0 Å². The van der Waals surface area contributed by atoms with Gasteiger partial charge in [0.1, 0.15) is 10.3 Å². The standard InChI is InChI=1S/C6H4BrN3/c7-6-3-9-4-1-8-2-5(4)10-6/h2-3H,1H2. The lowest BCUT2D eigenvalue weighted by atomic mass is 10.4. The Morgan fingerprint density at radius 2 is 2.40 bits per heavy atom. The number of halogens is 1. The first-order valence-corrected chi connectivity index (χ1v) is 3.67. The Balaban J connectivity index is 2.60. The van der Waals surface area contributed by atoms with Crippen LogP contribution in [0.15, 0.2) is 15.8 Å². The monoisotopic (exact) mass is 197 g/mol. The van der Waals surface area contributed by atoms with Crippen LogP contribution in [0.5, 0.6) is 0 Å². The maximum Gasteiger partial charge on any atom is 0.125 e. The van der Waals surface area contributed by atoms with E-state index < -0.39 is 0 Å². The molecule has 0 spiro atoms. The molecule has 0 aromatic carbocycles. The quantitative estimate of drug-likeness (QED) is 0.627. The second kappa shape index (κ2) is 2.12. The zero-order chi connectivity index (χ0) is 6.97. The van der Waals surface area contributed by atoms with Gasteiger partial charge in [-0.2, -0.15) is 0 Å². The third-order valence-electron chi connectivity index (χ3n) is 1.30. The summed E-state index contributed by atoms with van der Waals surface area (Å²) in [5, 5.41) is 0. The molecule has 0 radical (unpaired) electrons. The Morgan fingerprint density at radius 3 is 3.30 bits per heavy atom. The highest BCUT2D eigenvalue weighted by atomic mass is 79.9. The molecule has 0 amide bonds. The van der Waals surface area contributed by atoms with Crippen LogP contribution in [0.1, 0.15) is 11.4 Å². The van der Waals surface area contributed by atoms with Gasteiger partial charge in [-0.25, -0.2) is 4.98 Å². The Hall–Kier alpha value is -0.770. The number of nitrogens with zero attached hydrogens (tertiary/aromatic N) is 3. The summed E-state index contributed by atoms with van der Waals surface area (Å²) in [6.07, 6.45) is 3.43. The van der Waals surface area contributed by atoms with Crippen LogP contribution in [-0.4, -0.2) is 16.2 Å². The first-order valence-electron chi connectivity index (χ1n) is 2.87. The molecule has 1 aromatic heterocycles. The van der Waals surface area contributed by atoms with Crippen LogP contribution >= 0.6 is 15.9 Å². The van der Waals surface area contributed by atoms with Crippen molar-refractivity contribution < 1.29 is 0 Å². The van der Waals surface area contributed by atoms with Crippen molar-refractivity contribution in [3.63, 3.8) is 0 Å². The largest absolute Gasteiger partial charge is 0.284 e. The molecule has 1 aliphatic rings. The van der Waals surface area contributed by atoms with Crippen LogP contribution in [0, 0.1) is 0 Å². The van der Waals surface area contributed by atoms with Gasteiger partial charge in [-0.05, 0) is 15.9 Å². The van der Waals surface area contributed by atoms with Crippen molar-refractivity contribution in [1.29, 1.82) is 0 Å². The van der Waals surface area contributed by atoms with Crippen molar-refractivity contribution in [2.45, 2.75) is 6.54 Å². The molecule has 0 unspecified atom stereocenters. The summed E-state index contributed by atoms with van der Waals surface area (Å²) in [5.74, 6) is 0. The van der Waals surface area contributed by atoms with Crippen LogP contribution in [0.25, 0.3) is 0 Å². The van der Waals surface area contributed by atoms with E-state index in [-0.39, 0.29) is 0 Å². The van der Waals surface area contributed by atoms with Gasteiger partial charge in [0.15, 0.2) is 0 Å². The van der Waals surface area contributed by atoms with Gasteiger partial charge in [-0.3, -0.25) is 9.98 Å². The van der Waals surface area contributed by atoms with E-state index in [2.05, 4.69) is 30.9 Å². The number of hydrogen-bond donors (Lipinski definition) is 0. The summed E-state index contributed by atoms with van der Waals surface area (Å²) in [4.78, 5) is 12.3. The number of aromatic nitrogens is 2. The van der Waals surface area contributed by atoms with Crippen molar-refractivity contribution in [2.75, 3.05) is 0 Å². The van der Waals surface area contributed by atoms with E-state index in [0.717, 1.165) is 16.0 Å². The molecule has 0 atom stereocenters. The summed E-state index contributed by atoms with van der Waals surface area (Å²) in [5.41, 5.74) is 1.84. The van der Waals surface area contributed by atoms with Gasteiger partial charge in [-0.1, -0.05) is 0 Å². The third-order valence-corrected chi connectivity index (χ3v) is 1.69. The predicted molar refractivity (Wildman–Crippen MR) is 41.0 cm³/mol. The van der Waals surface area contributed by atoms with Crippen molar-refractivity contribution in [1.82, 2.24) is 9.97 Å². The zero-order valence-corrected chi connectivity index (χ0v) is 6.67. The van der Waals surface area contributed by atoms with Gasteiger partial charge in [0, 0.05) is 6.21 Å². The Morgan fingerprint density at radius 1 is 1.50 bits per heavy atom. The van der Waals surface area contributed by atoms with E-state index in [4.69, 9.17) is 0 Å². The van der Waals surface area contributed by atoms with E-state index in [1.165, 1.54) is 0 Å². The topological polar surface area (TPSA) is 38.1 Å². The predicted octanol–water partition coefficient (Wildman–Crippen LogP) is 1.17. The SMILES string of the molecule is Brc1cnc2c(n1)C=NC2. The molecule has 0 bridgehead atoms. The van der Waals surface area contributed by atoms with Gasteiger partial charge in [0.2, 0.25) is 0 Å². The highest BCUT2D eigenvalue weighted by Gasteiger charge is 2.07. The second-order valence-electron chi connectivity index (χ2n) is 1.99. The number of rotatable bonds is 0. The Bertz CT molecular complexity index is 295. The fourth-order valence-corrected chi connectivity index (χ4v) is 1.14. The lowest BCUT2D eigenvalue weighted by Crippen LogP contribution is -1.92. The number of fused-ring (bicyclic) bond motifs is 1. The molecule has 1 aromatic rings. The summed E-state index contributed by atoms with van der Waals surface area (Å²) in [7, 11) is 0. The van der Waals surface area contributed by atoms with E-state index in [0.29, 0.717) is 6.54 Å². The van der Waals surface area contributed by atoms with Crippen LogP contribution < -0.4 is 0 Å². The van der Waals surface area contributed by atoms with Gasteiger partial charge < -0.3 is 0 Å². The molecule has 3 nitrogen and oxygen atoms in total. The normalized spacial score (nSPS) is 13.7. The first-order chi connectivity index (χ1) is 4.86. The van der Waals surface area contributed by atoms with Crippen LogP contribution in [0.2, 0.25) is 0 Å². The molecule has 2 heterocycles. The number of aliphatic imine (C=N–C) groups is 1. The molecule has 1 aliphatic heterocycles. The van der Waals surface area contributed by atoms with Gasteiger partial charge in [0.05, 0.1) is 18.4 Å². The molecular weight excluding hydrogens is 194 g/mol. The summed E-state index contributed by atoms with van der Waals surface area (Å²) < 4.78 is 0.764. The molecule has 10 heavy (non-hydrogen) atoms. The lowest BCUT2D eigenvalue weighted by Gasteiger charge is -1.93. The van der Waals surface area contributed by atoms with Gasteiger partial charge in [0.25, 0.3) is 0 Å². The van der Waals surface area contributed by atoms with Crippen LogP contribution in [0.3, 0.4) is 0 Å². The van der Waals surface area contributed by atoms with Crippen molar-refractivity contribution in [2.24, 2.45) is 4.99 Å². The van der Waals surface area contributed by atoms with Gasteiger partial charge >= 0.3 is 0 Å². The molecule has 0 saturated heterocycles. The highest BCUT2D eigenvalue weighted by molar-refractivity contribution is 9.10. The van der Waals surface area contributed by atoms with Crippen molar-refractivity contribution in [3.8, 4) is 0 Å². The highest BCUT2D eigenvalue weighted by Crippen LogP contribution is 2.11. The summed E-state index contributed by atoms with van der Waals surface area (Å²) in [6.45, 7) is 0.676. The van der Waals surface area contributed by atoms with Crippen LogP contribution in [-0.2, 0) is 6.54 Å². The minimum absolute atomic E-state index is 0.676. The molecule has 50 valence electrons. The molecule has 0 N–H and O–H groups in total. The zero-order valence-electron chi connectivity index (χ0n) is 5.08. The fraction of sp³-hybridized carbons (Fsp3) is 0.167. The molecule has 0 saturated carbocycles. The van der Waals surface area contributed by atoms with E-state index in [9.17, 15) is 0 Å². The summed E-state index contributed by atoms with van der Waals surface area (Å²) >= 11 is 3.23. The average Bonchev–Trinajstić information content (AvgIpc) is 2.33. The maximum absolute atomic E-state index is 4.16. The molecular formula is C6H4BrN3. The smallest absolute Gasteiger partial charge is 0.125 e. The minimum Gasteiger partial charge on any atom is -0.284 e. The minimum atomic E-state index is 0.676. The maximum atomic E-state index is 4.16. The molecule has 0 fully saturated rings. The molecule has 4 heteroatoms. The Kier molecular flexibility index (Phi) is 1.27. The van der Waals surface area contributed by atoms with E-state index in [1.807, 2.05) is 0 Å². The first kappa shape index (κ1) is 5.97. The second-order valence-corrected chi connectivity index (χ2v) is 2.81. The number of hydrogen-bond acceptors (Lipinski definition) is 3. The Labute approximate surface area is 66.4 Å². The summed E-state index contributed by atoms with van der Waals surface area (Å²) in [6, 6.07) is 0.